The summed E-state index contributed by atoms with van der Waals surface area (Å²) < 4.78 is 39.3. The van der Waals surface area contributed by atoms with E-state index in [1.54, 1.807) is 24.4 Å². The lowest BCUT2D eigenvalue weighted by atomic mass is 10.0. The van der Waals surface area contributed by atoms with Gasteiger partial charge >= 0.3 is 6.09 Å². The molecular weight excluding hydrogens is 556 g/mol. The van der Waals surface area contributed by atoms with Gasteiger partial charge in [0.1, 0.15) is 24.3 Å². The largest absolute Gasteiger partial charge is 0.447 e. The van der Waals surface area contributed by atoms with Crippen LogP contribution < -0.4 is 5.32 Å². The number of amides is 2. The number of oxazole rings is 1. The van der Waals surface area contributed by atoms with Gasteiger partial charge in [-0.05, 0) is 35.4 Å². The first-order chi connectivity index (χ1) is 19.6. The number of nitrogens with one attached hydrogen (secondary N) is 2. The number of aromatic nitrogens is 1. The van der Waals surface area contributed by atoms with Gasteiger partial charge in [0, 0.05) is 25.7 Å². The third-order valence-corrected chi connectivity index (χ3v) is 6.77. The van der Waals surface area contributed by atoms with Gasteiger partial charge in [0.15, 0.2) is 11.7 Å². The monoisotopic (exact) mass is 579 g/mol. The molecule has 41 heavy (non-hydrogen) atoms. The normalized spacial score (nSPS) is 15.5. The molecule has 0 aliphatic carbocycles. The Kier molecular flexibility index (Phi) is 7.71. The van der Waals surface area contributed by atoms with Crippen LogP contribution in [0.1, 0.15) is 23.2 Å². The number of ether oxygens (including phenoxy) is 1. The van der Waals surface area contributed by atoms with Gasteiger partial charge in [-0.1, -0.05) is 48.0 Å². The second kappa shape index (κ2) is 11.4. The Bertz CT molecular complexity index is 1610. The van der Waals surface area contributed by atoms with Crippen LogP contribution >= 0.6 is 11.6 Å². The Hall–Kier alpha value is -4.77. The fourth-order valence-corrected chi connectivity index (χ4v) is 4.64. The standard InChI is InChI=1S/C29H24ClF2N5O4/c1-36(2)29(39)40-15-23(37-27(38)25(35-28(37)33)18-10-19(31)13-20(32)11-18)17-8-9-22(30)21(12-17)26-34-14-24(41-26)16-6-4-3-5-7-16/h3-14,23,25H,15H2,1-2H3,(H2,33,35)/t23-,25-/m1/s1. The summed E-state index contributed by atoms with van der Waals surface area (Å²) in [5.41, 5.74) is 1.68. The molecule has 5 rings (SSSR count). The molecule has 0 bridgehead atoms. The van der Waals surface area contributed by atoms with Gasteiger partial charge in [-0.25, -0.2) is 18.6 Å². The van der Waals surface area contributed by atoms with Crippen molar-refractivity contribution in [1.82, 2.24) is 20.1 Å². The lowest BCUT2D eigenvalue weighted by Gasteiger charge is -2.28. The van der Waals surface area contributed by atoms with Crippen molar-refractivity contribution in [2.75, 3.05) is 20.7 Å². The highest BCUT2D eigenvalue weighted by Crippen LogP contribution is 2.36. The highest BCUT2D eigenvalue weighted by atomic mass is 35.5. The molecule has 0 unspecified atom stereocenters. The molecule has 1 aliphatic rings. The first-order valence-corrected chi connectivity index (χ1v) is 12.8. The maximum atomic E-state index is 13.9. The molecule has 1 aliphatic heterocycles. The molecule has 2 amide bonds. The minimum atomic E-state index is -1.23. The van der Waals surface area contributed by atoms with Crippen molar-refractivity contribution in [3.05, 3.63) is 101 Å². The first kappa shape index (κ1) is 27.8. The summed E-state index contributed by atoms with van der Waals surface area (Å²) in [5, 5.41) is 11.5. The van der Waals surface area contributed by atoms with E-state index in [0.29, 0.717) is 28.0 Å². The molecule has 210 valence electrons. The molecule has 2 N–H and O–H groups in total. The first-order valence-electron chi connectivity index (χ1n) is 12.4. The highest BCUT2D eigenvalue weighted by molar-refractivity contribution is 6.33. The fraction of sp³-hybridized carbons (Fsp3) is 0.172. The maximum absolute atomic E-state index is 13.9. The number of hydrogen-bond acceptors (Lipinski definition) is 6. The van der Waals surface area contributed by atoms with E-state index < -0.39 is 35.7 Å². The number of hydrogen-bond donors (Lipinski definition) is 2. The van der Waals surface area contributed by atoms with E-state index in [1.807, 2.05) is 30.3 Å². The van der Waals surface area contributed by atoms with Crippen molar-refractivity contribution < 1.29 is 27.5 Å². The lowest BCUT2D eigenvalue weighted by molar-refractivity contribution is -0.129. The minimum absolute atomic E-state index is 0.00816. The molecule has 9 nitrogen and oxygen atoms in total. The second-order valence-electron chi connectivity index (χ2n) is 9.46. The van der Waals surface area contributed by atoms with Crippen LogP contribution in [0.4, 0.5) is 13.6 Å². The quantitative estimate of drug-likeness (QED) is 0.287. The maximum Gasteiger partial charge on any atom is 0.409 e. The minimum Gasteiger partial charge on any atom is -0.447 e. The summed E-state index contributed by atoms with van der Waals surface area (Å²) in [4.78, 5) is 32.5. The number of halogens is 3. The van der Waals surface area contributed by atoms with Crippen molar-refractivity contribution in [1.29, 1.82) is 5.41 Å². The van der Waals surface area contributed by atoms with Gasteiger partial charge in [0.2, 0.25) is 5.89 Å². The molecule has 12 heteroatoms. The number of carbonyl (C=O) groups is 2. The van der Waals surface area contributed by atoms with E-state index in [4.69, 9.17) is 26.2 Å². The molecule has 0 spiro atoms. The molecule has 0 radical (unpaired) electrons. The average molecular weight is 580 g/mol. The molecule has 2 heterocycles. The molecule has 0 saturated carbocycles. The van der Waals surface area contributed by atoms with Crippen molar-refractivity contribution in [2.24, 2.45) is 0 Å². The van der Waals surface area contributed by atoms with Crippen molar-refractivity contribution >= 4 is 29.6 Å². The third kappa shape index (κ3) is 5.75. The predicted molar refractivity (Wildman–Crippen MR) is 147 cm³/mol. The zero-order chi connectivity index (χ0) is 29.3. The van der Waals surface area contributed by atoms with Gasteiger partial charge in [-0.15, -0.1) is 0 Å². The topological polar surface area (TPSA) is 112 Å². The lowest BCUT2D eigenvalue weighted by Crippen LogP contribution is -2.39. The Morgan fingerprint density at radius 2 is 1.85 bits per heavy atom. The second-order valence-corrected chi connectivity index (χ2v) is 9.87. The van der Waals surface area contributed by atoms with Crippen LogP contribution in [0.3, 0.4) is 0 Å². The van der Waals surface area contributed by atoms with Crippen LogP contribution in [0.5, 0.6) is 0 Å². The molecule has 2 atom stereocenters. The highest BCUT2D eigenvalue weighted by Gasteiger charge is 2.42. The smallest absolute Gasteiger partial charge is 0.409 e. The zero-order valence-electron chi connectivity index (χ0n) is 21.9. The summed E-state index contributed by atoms with van der Waals surface area (Å²) in [6.45, 7) is -0.334. The van der Waals surface area contributed by atoms with Crippen LogP contribution in [0, 0.1) is 17.0 Å². The predicted octanol–water partition coefficient (Wildman–Crippen LogP) is 5.79. The van der Waals surface area contributed by atoms with E-state index in [9.17, 15) is 18.4 Å². The van der Waals surface area contributed by atoms with Crippen LogP contribution in [-0.4, -0.2) is 53.4 Å². The number of rotatable bonds is 7. The van der Waals surface area contributed by atoms with Crippen molar-refractivity contribution in [3.8, 4) is 22.8 Å². The van der Waals surface area contributed by atoms with Gasteiger partial charge < -0.3 is 19.4 Å². The summed E-state index contributed by atoms with van der Waals surface area (Å²) in [6.07, 6.45) is 0.898. The molecule has 1 saturated heterocycles. The van der Waals surface area contributed by atoms with E-state index in [0.717, 1.165) is 22.6 Å². The molecular formula is C29H24ClF2N5O4. The van der Waals surface area contributed by atoms with Gasteiger partial charge in [0.25, 0.3) is 5.91 Å². The molecule has 1 aromatic heterocycles. The summed E-state index contributed by atoms with van der Waals surface area (Å²) in [6, 6.07) is 14.7. The van der Waals surface area contributed by atoms with E-state index in [1.165, 1.54) is 19.0 Å². The van der Waals surface area contributed by atoms with E-state index in [2.05, 4.69) is 10.3 Å². The van der Waals surface area contributed by atoms with Gasteiger partial charge in [-0.2, -0.15) is 0 Å². The van der Waals surface area contributed by atoms with Crippen LogP contribution in [0.25, 0.3) is 22.8 Å². The Morgan fingerprint density at radius 1 is 1.15 bits per heavy atom. The molecule has 1 fully saturated rings. The molecule has 4 aromatic rings. The van der Waals surface area contributed by atoms with Crippen LogP contribution in [0.15, 0.2) is 77.3 Å². The van der Waals surface area contributed by atoms with Crippen LogP contribution in [-0.2, 0) is 9.53 Å². The molecule has 3 aromatic carbocycles. The Morgan fingerprint density at radius 3 is 2.54 bits per heavy atom. The number of carbonyl (C=O) groups excluding carboxylic acids is 2. The summed E-state index contributed by atoms with van der Waals surface area (Å²) in [5.74, 6) is -1.99. The van der Waals surface area contributed by atoms with Gasteiger partial charge in [0.05, 0.1) is 22.8 Å². The van der Waals surface area contributed by atoms with E-state index in [-0.39, 0.29) is 24.0 Å². The van der Waals surface area contributed by atoms with Crippen molar-refractivity contribution in [3.63, 3.8) is 0 Å². The zero-order valence-corrected chi connectivity index (χ0v) is 22.7. The Balaban J connectivity index is 1.52. The number of guanidine groups is 1. The number of benzene rings is 3. The average Bonchev–Trinajstić information content (AvgIpc) is 3.54. The van der Waals surface area contributed by atoms with E-state index >= 15 is 0 Å². The van der Waals surface area contributed by atoms with Gasteiger partial charge in [-0.3, -0.25) is 15.1 Å². The van der Waals surface area contributed by atoms with Crippen molar-refractivity contribution in [2.45, 2.75) is 12.1 Å². The number of nitrogens with zero attached hydrogens (tertiary/aromatic N) is 3. The summed E-state index contributed by atoms with van der Waals surface area (Å²) >= 11 is 6.51. The third-order valence-electron chi connectivity index (χ3n) is 6.44. The Labute approximate surface area is 238 Å². The van der Waals surface area contributed by atoms with Crippen LogP contribution in [0.2, 0.25) is 5.02 Å². The summed E-state index contributed by atoms with van der Waals surface area (Å²) in [7, 11) is 3.01. The SMILES string of the molecule is CN(C)C(=O)OC[C@H](c1ccc(Cl)c(-c2ncc(-c3ccccc3)o2)c1)N1C(=N)N[C@H](c2cc(F)cc(F)c2)C1=O. The fourth-order valence-electron chi connectivity index (χ4n) is 4.44.